The number of nitrogens with zero attached hydrogens (tertiary/aromatic N) is 3. The smallest absolute Gasteiger partial charge is 0.338 e. The van der Waals surface area contributed by atoms with Gasteiger partial charge in [-0.15, -0.1) is 0 Å². The summed E-state index contributed by atoms with van der Waals surface area (Å²) in [4.78, 5) is 28.3. The maximum atomic E-state index is 12.2. The third-order valence-corrected chi connectivity index (χ3v) is 4.19. The van der Waals surface area contributed by atoms with Crippen molar-refractivity contribution in [3.05, 3.63) is 70.7 Å². The predicted octanol–water partition coefficient (Wildman–Crippen LogP) is 3.76. The van der Waals surface area contributed by atoms with Gasteiger partial charge in [0, 0.05) is 5.02 Å². The summed E-state index contributed by atoms with van der Waals surface area (Å²) >= 11 is 11.9. The molecule has 2 aromatic carbocycles. The minimum absolute atomic E-state index is 0.305. The minimum Gasteiger partial charge on any atom is -0.449 e. The van der Waals surface area contributed by atoms with Gasteiger partial charge in [0.25, 0.3) is 5.91 Å². The molecule has 1 atom stereocenters. The largest absolute Gasteiger partial charge is 0.449 e. The molecule has 0 radical (unpaired) electrons. The van der Waals surface area contributed by atoms with Gasteiger partial charge in [0.1, 0.15) is 12.7 Å². The van der Waals surface area contributed by atoms with Crippen molar-refractivity contribution < 1.29 is 14.3 Å². The van der Waals surface area contributed by atoms with Gasteiger partial charge in [-0.05, 0) is 49.4 Å². The molecule has 1 aromatic heterocycles. The van der Waals surface area contributed by atoms with Gasteiger partial charge < -0.3 is 10.1 Å². The van der Waals surface area contributed by atoms with Crippen LogP contribution in [-0.2, 0) is 9.53 Å². The van der Waals surface area contributed by atoms with Crippen LogP contribution in [0.5, 0.6) is 0 Å². The Morgan fingerprint density at radius 1 is 1.15 bits per heavy atom. The van der Waals surface area contributed by atoms with Crippen LogP contribution in [0.1, 0.15) is 17.3 Å². The summed E-state index contributed by atoms with van der Waals surface area (Å²) in [5.41, 5.74) is 1.39. The van der Waals surface area contributed by atoms with Gasteiger partial charge in [-0.2, -0.15) is 5.10 Å². The molecule has 0 saturated heterocycles. The van der Waals surface area contributed by atoms with Crippen molar-refractivity contribution in [2.45, 2.75) is 13.0 Å². The molecule has 0 spiro atoms. The number of hydrogen-bond acceptors (Lipinski definition) is 5. The van der Waals surface area contributed by atoms with E-state index in [1.165, 1.54) is 19.3 Å². The van der Waals surface area contributed by atoms with Crippen LogP contribution in [0, 0.1) is 0 Å². The van der Waals surface area contributed by atoms with Crippen molar-refractivity contribution in [2.75, 3.05) is 5.32 Å². The van der Waals surface area contributed by atoms with Crippen LogP contribution in [0.3, 0.4) is 0 Å². The zero-order valence-corrected chi connectivity index (χ0v) is 15.6. The molecule has 0 fully saturated rings. The van der Waals surface area contributed by atoms with Gasteiger partial charge in [-0.25, -0.2) is 14.5 Å². The molecular formula is C18H14Cl2N4O3. The molecule has 9 heteroatoms. The van der Waals surface area contributed by atoms with Crippen LogP contribution < -0.4 is 5.32 Å². The SMILES string of the molecule is C[C@H](OC(=O)c1ccc(-n2cncn2)cc1)C(=O)Nc1cc(Cl)ccc1Cl. The number of rotatable bonds is 5. The summed E-state index contributed by atoms with van der Waals surface area (Å²) < 4.78 is 6.76. The lowest BCUT2D eigenvalue weighted by Crippen LogP contribution is -2.30. The summed E-state index contributed by atoms with van der Waals surface area (Å²) in [5.74, 6) is -1.15. The number of benzene rings is 2. The zero-order valence-electron chi connectivity index (χ0n) is 14.1. The monoisotopic (exact) mass is 404 g/mol. The van der Waals surface area contributed by atoms with Gasteiger partial charge in [0.15, 0.2) is 6.10 Å². The van der Waals surface area contributed by atoms with Crippen LogP contribution in [0.2, 0.25) is 10.0 Å². The number of carbonyl (C=O) groups excluding carboxylic acids is 2. The Kier molecular flexibility index (Phi) is 5.73. The van der Waals surface area contributed by atoms with Gasteiger partial charge in [0.2, 0.25) is 0 Å². The van der Waals surface area contributed by atoms with Crippen molar-refractivity contribution in [3.8, 4) is 5.69 Å². The molecule has 3 rings (SSSR count). The van der Waals surface area contributed by atoms with E-state index in [-0.39, 0.29) is 0 Å². The maximum Gasteiger partial charge on any atom is 0.338 e. The average molecular weight is 405 g/mol. The Morgan fingerprint density at radius 3 is 2.56 bits per heavy atom. The number of anilines is 1. The fourth-order valence-corrected chi connectivity index (χ4v) is 2.54. The van der Waals surface area contributed by atoms with Gasteiger partial charge >= 0.3 is 5.97 Å². The molecule has 0 bridgehead atoms. The number of nitrogens with one attached hydrogen (secondary N) is 1. The van der Waals surface area contributed by atoms with Crippen molar-refractivity contribution >= 4 is 40.8 Å². The van der Waals surface area contributed by atoms with E-state index >= 15 is 0 Å². The summed E-state index contributed by atoms with van der Waals surface area (Å²) in [6.07, 6.45) is 1.93. The zero-order chi connectivity index (χ0) is 19.4. The molecule has 1 heterocycles. The predicted molar refractivity (Wildman–Crippen MR) is 101 cm³/mol. The lowest BCUT2D eigenvalue weighted by Gasteiger charge is -2.14. The van der Waals surface area contributed by atoms with E-state index in [9.17, 15) is 9.59 Å². The van der Waals surface area contributed by atoms with Crippen molar-refractivity contribution in [1.29, 1.82) is 0 Å². The van der Waals surface area contributed by atoms with Crippen molar-refractivity contribution in [1.82, 2.24) is 14.8 Å². The number of amides is 1. The molecule has 0 aliphatic rings. The van der Waals surface area contributed by atoms with E-state index in [4.69, 9.17) is 27.9 Å². The Balaban J connectivity index is 1.63. The summed E-state index contributed by atoms with van der Waals surface area (Å²) in [6.45, 7) is 1.47. The quantitative estimate of drug-likeness (QED) is 0.654. The fourth-order valence-electron chi connectivity index (χ4n) is 2.20. The third kappa shape index (κ3) is 4.64. The summed E-state index contributed by atoms with van der Waals surface area (Å²) in [7, 11) is 0. The first kappa shape index (κ1) is 18.9. The molecule has 27 heavy (non-hydrogen) atoms. The van der Waals surface area contributed by atoms with Crippen molar-refractivity contribution in [3.63, 3.8) is 0 Å². The van der Waals surface area contributed by atoms with Crippen LogP contribution in [0.15, 0.2) is 55.1 Å². The van der Waals surface area contributed by atoms with Crippen LogP contribution >= 0.6 is 23.2 Å². The summed E-state index contributed by atoms with van der Waals surface area (Å²) in [6, 6.07) is 11.2. The molecule has 0 aliphatic carbocycles. The average Bonchev–Trinajstić information content (AvgIpc) is 3.19. The maximum absolute atomic E-state index is 12.2. The Hall–Kier alpha value is -2.90. The molecule has 0 saturated carbocycles. The van der Waals surface area contributed by atoms with E-state index in [0.717, 1.165) is 5.69 Å². The Morgan fingerprint density at radius 2 is 1.89 bits per heavy atom. The molecule has 0 unspecified atom stereocenters. The van der Waals surface area contributed by atoms with Gasteiger partial charge in [-0.3, -0.25) is 4.79 Å². The second-order valence-electron chi connectivity index (χ2n) is 5.55. The van der Waals surface area contributed by atoms with Gasteiger partial charge in [-0.1, -0.05) is 23.2 Å². The molecule has 1 amide bonds. The molecule has 3 aromatic rings. The second kappa shape index (κ2) is 8.20. The van der Waals surface area contributed by atoms with Gasteiger partial charge in [0.05, 0.1) is 22.0 Å². The lowest BCUT2D eigenvalue weighted by molar-refractivity contribution is -0.123. The fraction of sp³-hybridized carbons (Fsp3) is 0.111. The summed E-state index contributed by atoms with van der Waals surface area (Å²) in [5, 5.41) is 7.34. The highest BCUT2D eigenvalue weighted by Crippen LogP contribution is 2.25. The van der Waals surface area contributed by atoms with E-state index < -0.39 is 18.0 Å². The number of ether oxygens (including phenoxy) is 1. The third-order valence-electron chi connectivity index (χ3n) is 3.63. The van der Waals surface area contributed by atoms with E-state index in [1.807, 2.05) is 0 Å². The van der Waals surface area contributed by atoms with Crippen molar-refractivity contribution in [2.24, 2.45) is 0 Å². The van der Waals surface area contributed by atoms with Crippen LogP contribution in [0.4, 0.5) is 5.69 Å². The Bertz CT molecular complexity index is 959. The standard InChI is InChI=1S/C18H14Cl2N4O3/c1-11(17(25)23-16-8-13(19)4-7-15(16)20)27-18(26)12-2-5-14(6-3-12)24-10-21-9-22-24/h2-11H,1H3,(H,23,25)/t11-/m0/s1. The second-order valence-corrected chi connectivity index (χ2v) is 6.39. The molecule has 7 nitrogen and oxygen atoms in total. The minimum atomic E-state index is -1.03. The van der Waals surface area contributed by atoms with E-state index in [1.54, 1.807) is 47.4 Å². The number of hydrogen-bond donors (Lipinski definition) is 1. The number of halogens is 2. The number of esters is 1. The first-order valence-electron chi connectivity index (χ1n) is 7.86. The molecular weight excluding hydrogens is 391 g/mol. The van der Waals surface area contributed by atoms with Crippen LogP contribution in [-0.4, -0.2) is 32.7 Å². The van der Waals surface area contributed by atoms with E-state index in [0.29, 0.717) is 21.3 Å². The highest BCUT2D eigenvalue weighted by Gasteiger charge is 2.20. The normalized spacial score (nSPS) is 11.7. The van der Waals surface area contributed by atoms with Crippen LogP contribution in [0.25, 0.3) is 5.69 Å². The first-order valence-corrected chi connectivity index (χ1v) is 8.61. The molecule has 0 aliphatic heterocycles. The molecule has 1 N–H and O–H groups in total. The topological polar surface area (TPSA) is 86.1 Å². The highest BCUT2D eigenvalue weighted by atomic mass is 35.5. The van der Waals surface area contributed by atoms with E-state index in [2.05, 4.69) is 15.4 Å². The molecule has 138 valence electrons. The highest BCUT2D eigenvalue weighted by molar-refractivity contribution is 6.35. The number of aromatic nitrogens is 3. The lowest BCUT2D eigenvalue weighted by atomic mass is 10.2. The Labute approximate surface area is 164 Å². The first-order chi connectivity index (χ1) is 12.9. The number of carbonyl (C=O) groups is 2.